The summed E-state index contributed by atoms with van der Waals surface area (Å²) in [6, 6.07) is 7.19. The molecule has 11 heteroatoms. The van der Waals surface area contributed by atoms with E-state index in [1.807, 2.05) is 26.0 Å². The minimum absolute atomic E-state index is 0. The van der Waals surface area contributed by atoms with Crippen LogP contribution in [0.5, 0.6) is 0 Å². The number of guanidine groups is 1. The van der Waals surface area contributed by atoms with Crippen molar-refractivity contribution in [2.45, 2.75) is 32.7 Å². The summed E-state index contributed by atoms with van der Waals surface area (Å²) < 4.78 is 27.9. The zero-order valence-electron chi connectivity index (χ0n) is 16.7. The predicted molar refractivity (Wildman–Crippen MR) is 127 cm³/mol. The molecule has 0 bridgehead atoms. The van der Waals surface area contributed by atoms with E-state index in [9.17, 15) is 8.42 Å². The molecule has 0 spiro atoms. The van der Waals surface area contributed by atoms with Crippen LogP contribution in [0.2, 0.25) is 5.02 Å². The van der Waals surface area contributed by atoms with Crippen molar-refractivity contribution in [1.29, 1.82) is 0 Å². The standard InChI is InChI=1S/C18H26ClN5O3S.HI/c1-4-20-18(22-13(2)10-12-28(3,25)26)21-11-9-16-23-17(24-27-16)14-5-7-15(19)8-6-14;/h5-8,13H,4,9-12H2,1-3H3,(H2,20,21,22);1H. The van der Waals surface area contributed by atoms with Crippen LogP contribution in [-0.4, -0.2) is 55.7 Å². The Morgan fingerprint density at radius 1 is 1.31 bits per heavy atom. The van der Waals surface area contributed by atoms with Gasteiger partial charge < -0.3 is 15.2 Å². The van der Waals surface area contributed by atoms with Gasteiger partial charge in [0.25, 0.3) is 0 Å². The third-order valence-corrected chi connectivity index (χ3v) is 5.04. The van der Waals surface area contributed by atoms with E-state index in [1.165, 1.54) is 6.26 Å². The molecular weight excluding hydrogens is 529 g/mol. The van der Waals surface area contributed by atoms with Gasteiger partial charge in [-0.15, -0.1) is 24.0 Å². The third-order valence-electron chi connectivity index (χ3n) is 3.82. The number of rotatable bonds is 9. The largest absolute Gasteiger partial charge is 0.357 e. The fourth-order valence-electron chi connectivity index (χ4n) is 2.35. The summed E-state index contributed by atoms with van der Waals surface area (Å²) in [5.41, 5.74) is 0.831. The lowest BCUT2D eigenvalue weighted by Crippen LogP contribution is -2.43. The highest BCUT2D eigenvalue weighted by Gasteiger charge is 2.11. The summed E-state index contributed by atoms with van der Waals surface area (Å²) in [4.78, 5) is 8.86. The molecule has 1 atom stereocenters. The lowest BCUT2D eigenvalue weighted by molar-refractivity contribution is 0.380. The van der Waals surface area contributed by atoms with E-state index in [0.29, 0.717) is 48.6 Å². The topological polar surface area (TPSA) is 109 Å². The first kappa shape index (κ1) is 25.6. The van der Waals surface area contributed by atoms with E-state index in [4.69, 9.17) is 16.1 Å². The second-order valence-corrected chi connectivity index (χ2v) is 9.19. The van der Waals surface area contributed by atoms with E-state index in [-0.39, 0.29) is 35.8 Å². The fourth-order valence-corrected chi connectivity index (χ4v) is 3.26. The lowest BCUT2D eigenvalue weighted by Gasteiger charge is -2.17. The van der Waals surface area contributed by atoms with E-state index < -0.39 is 9.84 Å². The Morgan fingerprint density at radius 3 is 2.62 bits per heavy atom. The van der Waals surface area contributed by atoms with E-state index >= 15 is 0 Å². The molecule has 1 unspecified atom stereocenters. The van der Waals surface area contributed by atoms with Gasteiger partial charge >= 0.3 is 0 Å². The summed E-state index contributed by atoms with van der Waals surface area (Å²) in [6.07, 6.45) is 2.24. The molecule has 29 heavy (non-hydrogen) atoms. The van der Waals surface area contributed by atoms with Crippen molar-refractivity contribution >= 4 is 51.4 Å². The molecule has 0 fully saturated rings. The molecule has 2 aromatic rings. The molecule has 1 heterocycles. The van der Waals surface area contributed by atoms with Gasteiger partial charge in [-0.05, 0) is 44.5 Å². The molecule has 2 rings (SSSR count). The molecule has 0 aliphatic heterocycles. The van der Waals surface area contributed by atoms with Gasteiger partial charge in [-0.2, -0.15) is 4.98 Å². The molecule has 2 N–H and O–H groups in total. The second kappa shape index (κ2) is 12.3. The van der Waals surface area contributed by atoms with Crippen molar-refractivity contribution in [2.75, 3.05) is 25.1 Å². The van der Waals surface area contributed by atoms with Gasteiger partial charge in [-0.25, -0.2) is 8.42 Å². The maximum atomic E-state index is 11.3. The zero-order valence-corrected chi connectivity index (χ0v) is 20.6. The minimum atomic E-state index is -2.98. The SMILES string of the molecule is CCNC(=NCCc1nc(-c2ccc(Cl)cc2)no1)NC(C)CCS(C)(=O)=O.I. The normalized spacial score (nSPS) is 12.9. The highest BCUT2D eigenvalue weighted by Crippen LogP contribution is 2.18. The Morgan fingerprint density at radius 2 is 2.00 bits per heavy atom. The quantitative estimate of drug-likeness (QED) is 0.278. The Labute approximate surface area is 193 Å². The number of halogens is 2. The van der Waals surface area contributed by atoms with Crippen molar-refractivity contribution < 1.29 is 12.9 Å². The molecule has 0 aliphatic carbocycles. The fraction of sp³-hybridized carbons (Fsp3) is 0.500. The van der Waals surface area contributed by atoms with Crippen LogP contribution in [0.15, 0.2) is 33.8 Å². The summed E-state index contributed by atoms with van der Waals surface area (Å²) in [5.74, 6) is 1.77. The van der Waals surface area contributed by atoms with Crippen LogP contribution in [-0.2, 0) is 16.3 Å². The smallest absolute Gasteiger partial charge is 0.228 e. The summed E-state index contributed by atoms with van der Waals surface area (Å²) >= 11 is 5.89. The van der Waals surface area contributed by atoms with Crippen LogP contribution >= 0.6 is 35.6 Å². The van der Waals surface area contributed by atoms with Gasteiger partial charge in [-0.1, -0.05) is 16.8 Å². The monoisotopic (exact) mass is 555 g/mol. The zero-order chi connectivity index (χ0) is 20.6. The first-order chi connectivity index (χ1) is 13.3. The van der Waals surface area contributed by atoms with Crippen molar-refractivity contribution in [2.24, 2.45) is 4.99 Å². The molecule has 1 aromatic heterocycles. The Bertz CT molecular complexity index is 887. The Hall–Kier alpha value is -1.40. The summed E-state index contributed by atoms with van der Waals surface area (Å²) in [5, 5.41) is 11.0. The molecule has 162 valence electrons. The highest BCUT2D eigenvalue weighted by atomic mass is 127. The molecule has 1 aromatic carbocycles. The number of nitrogens with one attached hydrogen (secondary N) is 2. The Kier molecular flexibility index (Phi) is 10.9. The van der Waals surface area contributed by atoms with Crippen LogP contribution < -0.4 is 10.6 Å². The number of aliphatic imine (C=N–C) groups is 1. The maximum Gasteiger partial charge on any atom is 0.228 e. The van der Waals surface area contributed by atoms with Gasteiger partial charge in [-0.3, -0.25) is 4.99 Å². The minimum Gasteiger partial charge on any atom is -0.357 e. The van der Waals surface area contributed by atoms with Crippen molar-refractivity contribution in [3.05, 3.63) is 35.2 Å². The average molecular weight is 556 g/mol. The van der Waals surface area contributed by atoms with Crippen molar-refractivity contribution in [3.8, 4) is 11.4 Å². The van der Waals surface area contributed by atoms with Crippen LogP contribution in [0.1, 0.15) is 26.2 Å². The highest BCUT2D eigenvalue weighted by molar-refractivity contribution is 14.0. The van der Waals surface area contributed by atoms with E-state index in [0.717, 1.165) is 5.56 Å². The molecule has 8 nitrogen and oxygen atoms in total. The number of sulfone groups is 1. The van der Waals surface area contributed by atoms with Crippen molar-refractivity contribution in [3.63, 3.8) is 0 Å². The number of nitrogens with zero attached hydrogens (tertiary/aromatic N) is 3. The van der Waals surface area contributed by atoms with Crippen LogP contribution in [0.4, 0.5) is 0 Å². The number of hydrogen-bond donors (Lipinski definition) is 2. The third kappa shape index (κ3) is 9.77. The molecule has 0 amide bonds. The van der Waals surface area contributed by atoms with E-state index in [2.05, 4.69) is 25.8 Å². The lowest BCUT2D eigenvalue weighted by atomic mass is 10.2. The summed E-state index contributed by atoms with van der Waals surface area (Å²) in [6.45, 7) is 5.05. The molecule has 0 saturated heterocycles. The van der Waals surface area contributed by atoms with Gasteiger partial charge in [0.2, 0.25) is 11.7 Å². The Balaban J connectivity index is 0.00000420. The number of benzene rings is 1. The molecule has 0 saturated carbocycles. The first-order valence-corrected chi connectivity index (χ1v) is 11.5. The molecular formula is C18H27ClIN5O3S. The number of hydrogen-bond acceptors (Lipinski definition) is 6. The first-order valence-electron chi connectivity index (χ1n) is 9.08. The van der Waals surface area contributed by atoms with Gasteiger partial charge in [0.15, 0.2) is 5.96 Å². The van der Waals surface area contributed by atoms with Gasteiger partial charge in [0.05, 0.1) is 12.3 Å². The second-order valence-electron chi connectivity index (χ2n) is 6.49. The summed E-state index contributed by atoms with van der Waals surface area (Å²) in [7, 11) is -2.98. The molecule has 0 radical (unpaired) electrons. The van der Waals surface area contributed by atoms with E-state index in [1.54, 1.807) is 12.1 Å². The predicted octanol–water partition coefficient (Wildman–Crippen LogP) is 2.93. The van der Waals surface area contributed by atoms with Crippen LogP contribution in [0.25, 0.3) is 11.4 Å². The number of aromatic nitrogens is 2. The van der Waals surface area contributed by atoms with Crippen molar-refractivity contribution in [1.82, 2.24) is 20.8 Å². The maximum absolute atomic E-state index is 11.3. The average Bonchev–Trinajstić information content (AvgIpc) is 3.09. The van der Waals surface area contributed by atoms with Gasteiger partial charge in [0, 0.05) is 35.8 Å². The van der Waals surface area contributed by atoms with Crippen LogP contribution in [0, 0.1) is 0 Å². The van der Waals surface area contributed by atoms with Crippen LogP contribution in [0.3, 0.4) is 0 Å². The molecule has 0 aliphatic rings. The van der Waals surface area contributed by atoms with Gasteiger partial charge in [0.1, 0.15) is 9.84 Å².